The predicted molar refractivity (Wildman–Crippen MR) is 60.6 cm³/mol. The molecule has 0 fully saturated rings. The van der Waals surface area contributed by atoms with E-state index < -0.39 is 0 Å². The molecular formula is C12H15N3. The van der Waals surface area contributed by atoms with Crippen LogP contribution in [0.2, 0.25) is 0 Å². The van der Waals surface area contributed by atoms with Crippen molar-refractivity contribution in [3.8, 4) is 11.8 Å². The molecule has 3 heteroatoms. The largest absolute Gasteiger partial charge is 0.369 e. The zero-order valence-electron chi connectivity index (χ0n) is 9.01. The van der Waals surface area contributed by atoms with E-state index in [1.807, 2.05) is 6.92 Å². The summed E-state index contributed by atoms with van der Waals surface area (Å²) in [5.41, 5.74) is 2.52. The number of anilines is 1. The third-order valence-electron chi connectivity index (χ3n) is 2.59. The normalized spacial score (nSPS) is 12.9. The van der Waals surface area contributed by atoms with Crippen molar-refractivity contribution < 1.29 is 0 Å². The second-order valence-corrected chi connectivity index (χ2v) is 3.60. The number of aryl methyl sites for hydroxylation is 1. The van der Waals surface area contributed by atoms with Crippen LogP contribution in [0.4, 0.5) is 5.82 Å². The number of rotatable bonds is 3. The Morgan fingerprint density at radius 3 is 3.20 bits per heavy atom. The first-order chi connectivity index (χ1) is 7.42. The van der Waals surface area contributed by atoms with Gasteiger partial charge in [-0.1, -0.05) is 0 Å². The summed E-state index contributed by atoms with van der Waals surface area (Å²) in [4.78, 5) is 8.56. The lowest BCUT2D eigenvalue weighted by Gasteiger charge is -2.07. The van der Waals surface area contributed by atoms with Gasteiger partial charge in [-0.2, -0.15) is 0 Å². The molecule has 0 saturated carbocycles. The highest BCUT2D eigenvalue weighted by Gasteiger charge is 2.16. The van der Waals surface area contributed by atoms with Gasteiger partial charge in [0.2, 0.25) is 0 Å². The van der Waals surface area contributed by atoms with Gasteiger partial charge in [0.25, 0.3) is 0 Å². The van der Waals surface area contributed by atoms with Gasteiger partial charge in [-0.15, -0.1) is 11.8 Å². The lowest BCUT2D eigenvalue weighted by molar-refractivity contribution is 0.899. The Morgan fingerprint density at radius 2 is 2.33 bits per heavy atom. The highest BCUT2D eigenvalue weighted by Crippen LogP contribution is 2.24. The van der Waals surface area contributed by atoms with Crippen LogP contribution in [0.25, 0.3) is 0 Å². The molecule has 0 saturated heterocycles. The molecule has 0 unspecified atom stereocenters. The first-order valence-corrected chi connectivity index (χ1v) is 5.38. The molecule has 0 bridgehead atoms. The van der Waals surface area contributed by atoms with Crippen LogP contribution < -0.4 is 5.32 Å². The molecule has 15 heavy (non-hydrogen) atoms. The molecule has 1 aliphatic rings. The Morgan fingerprint density at radius 1 is 1.40 bits per heavy atom. The maximum Gasteiger partial charge on any atom is 0.132 e. The van der Waals surface area contributed by atoms with Crippen LogP contribution in [0.15, 0.2) is 6.33 Å². The SMILES string of the molecule is CC#CCCNc1ncnc2c1CCC2. The molecular weight excluding hydrogens is 186 g/mol. The maximum atomic E-state index is 4.29. The van der Waals surface area contributed by atoms with Gasteiger partial charge in [-0.3, -0.25) is 0 Å². The van der Waals surface area contributed by atoms with Crippen molar-refractivity contribution in [1.82, 2.24) is 9.97 Å². The number of nitrogens with zero attached hydrogens (tertiary/aromatic N) is 2. The van der Waals surface area contributed by atoms with E-state index in [9.17, 15) is 0 Å². The summed E-state index contributed by atoms with van der Waals surface area (Å²) in [6.45, 7) is 2.73. The molecule has 0 aliphatic heterocycles. The van der Waals surface area contributed by atoms with Crippen LogP contribution >= 0.6 is 0 Å². The van der Waals surface area contributed by atoms with Crippen LogP contribution in [0.1, 0.15) is 31.0 Å². The summed E-state index contributed by atoms with van der Waals surface area (Å²) in [5.74, 6) is 6.92. The van der Waals surface area contributed by atoms with E-state index >= 15 is 0 Å². The van der Waals surface area contributed by atoms with E-state index in [4.69, 9.17) is 0 Å². The average Bonchev–Trinajstić information content (AvgIpc) is 2.73. The van der Waals surface area contributed by atoms with E-state index in [0.29, 0.717) is 0 Å². The molecule has 3 nitrogen and oxygen atoms in total. The van der Waals surface area contributed by atoms with Crippen molar-refractivity contribution in [2.75, 3.05) is 11.9 Å². The van der Waals surface area contributed by atoms with Gasteiger partial charge < -0.3 is 5.32 Å². The standard InChI is InChI=1S/C12H15N3/c1-2-3-4-8-13-12-10-6-5-7-11(10)14-9-15-12/h9H,4-8H2,1H3,(H,13,14,15). The minimum atomic E-state index is 0.865. The van der Waals surface area contributed by atoms with E-state index in [-0.39, 0.29) is 0 Å². The summed E-state index contributed by atoms with van der Waals surface area (Å²) in [7, 11) is 0. The van der Waals surface area contributed by atoms with E-state index in [2.05, 4.69) is 27.1 Å². The number of fused-ring (bicyclic) bond motifs is 1. The minimum Gasteiger partial charge on any atom is -0.369 e. The average molecular weight is 201 g/mol. The fourth-order valence-electron chi connectivity index (χ4n) is 1.88. The van der Waals surface area contributed by atoms with Gasteiger partial charge in [0.1, 0.15) is 12.1 Å². The van der Waals surface area contributed by atoms with Crippen LogP contribution in [-0.2, 0) is 12.8 Å². The Bertz CT molecular complexity index is 401. The minimum absolute atomic E-state index is 0.865. The Kier molecular flexibility index (Phi) is 3.18. The Balaban J connectivity index is 2.01. The second-order valence-electron chi connectivity index (χ2n) is 3.60. The van der Waals surface area contributed by atoms with Crippen molar-refractivity contribution >= 4 is 5.82 Å². The van der Waals surface area contributed by atoms with Crippen molar-refractivity contribution in [2.24, 2.45) is 0 Å². The smallest absolute Gasteiger partial charge is 0.132 e. The third kappa shape index (κ3) is 2.27. The summed E-state index contributed by atoms with van der Waals surface area (Å²) in [6.07, 6.45) is 5.93. The van der Waals surface area contributed by atoms with Crippen molar-refractivity contribution in [3.63, 3.8) is 0 Å². The number of hydrogen-bond acceptors (Lipinski definition) is 3. The van der Waals surface area contributed by atoms with Crippen molar-refractivity contribution in [1.29, 1.82) is 0 Å². The molecule has 0 amide bonds. The zero-order chi connectivity index (χ0) is 10.5. The van der Waals surface area contributed by atoms with Gasteiger partial charge in [-0.25, -0.2) is 9.97 Å². The highest BCUT2D eigenvalue weighted by atomic mass is 15.0. The predicted octanol–water partition coefficient (Wildman–Crippen LogP) is 1.79. The summed E-state index contributed by atoms with van der Waals surface area (Å²) in [6, 6.07) is 0. The molecule has 0 spiro atoms. The Hall–Kier alpha value is -1.56. The van der Waals surface area contributed by atoms with E-state index in [0.717, 1.165) is 31.6 Å². The zero-order valence-corrected chi connectivity index (χ0v) is 9.01. The molecule has 1 aliphatic carbocycles. The second kappa shape index (κ2) is 4.79. The number of hydrogen-bond donors (Lipinski definition) is 1. The first kappa shape index (κ1) is 9.97. The molecule has 1 N–H and O–H groups in total. The molecule has 2 rings (SSSR count). The number of nitrogens with one attached hydrogen (secondary N) is 1. The molecule has 1 aromatic rings. The van der Waals surface area contributed by atoms with Crippen LogP contribution in [0, 0.1) is 11.8 Å². The molecule has 78 valence electrons. The van der Waals surface area contributed by atoms with Gasteiger partial charge in [0.05, 0.1) is 0 Å². The lowest BCUT2D eigenvalue weighted by atomic mass is 10.2. The third-order valence-corrected chi connectivity index (χ3v) is 2.59. The monoisotopic (exact) mass is 201 g/mol. The van der Waals surface area contributed by atoms with Gasteiger partial charge >= 0.3 is 0 Å². The van der Waals surface area contributed by atoms with Crippen LogP contribution in [0.5, 0.6) is 0 Å². The maximum absolute atomic E-state index is 4.29. The van der Waals surface area contributed by atoms with Gasteiger partial charge in [-0.05, 0) is 26.2 Å². The van der Waals surface area contributed by atoms with E-state index in [1.165, 1.54) is 17.7 Å². The fourth-order valence-corrected chi connectivity index (χ4v) is 1.88. The highest BCUT2D eigenvalue weighted by molar-refractivity contribution is 5.47. The quantitative estimate of drug-likeness (QED) is 0.598. The lowest BCUT2D eigenvalue weighted by Crippen LogP contribution is -2.06. The number of aromatic nitrogens is 2. The van der Waals surface area contributed by atoms with Crippen molar-refractivity contribution in [3.05, 3.63) is 17.6 Å². The molecule has 0 atom stereocenters. The molecule has 1 aromatic heterocycles. The summed E-state index contributed by atoms with van der Waals surface area (Å²) < 4.78 is 0. The van der Waals surface area contributed by atoms with Gasteiger partial charge in [0.15, 0.2) is 0 Å². The van der Waals surface area contributed by atoms with E-state index in [1.54, 1.807) is 6.33 Å². The summed E-state index contributed by atoms with van der Waals surface area (Å²) in [5, 5.41) is 3.33. The van der Waals surface area contributed by atoms with Crippen molar-refractivity contribution in [2.45, 2.75) is 32.6 Å². The molecule has 0 aromatic carbocycles. The summed E-state index contributed by atoms with van der Waals surface area (Å²) >= 11 is 0. The molecule has 1 heterocycles. The Labute approximate surface area is 90.3 Å². The first-order valence-electron chi connectivity index (χ1n) is 5.38. The fraction of sp³-hybridized carbons (Fsp3) is 0.500. The molecule has 0 radical (unpaired) electrons. The topological polar surface area (TPSA) is 37.8 Å². The van der Waals surface area contributed by atoms with Crippen LogP contribution in [-0.4, -0.2) is 16.5 Å². The van der Waals surface area contributed by atoms with Gasteiger partial charge in [0, 0.05) is 24.2 Å². The van der Waals surface area contributed by atoms with Crippen LogP contribution in [0.3, 0.4) is 0 Å².